The van der Waals surface area contributed by atoms with Gasteiger partial charge in [-0.1, -0.05) is 0 Å². The molecule has 1 fully saturated rings. The molecule has 0 aromatic heterocycles. The van der Waals surface area contributed by atoms with Crippen LogP contribution in [-0.4, -0.2) is 50.8 Å². The molecule has 2 rings (SSSR count). The van der Waals surface area contributed by atoms with E-state index in [0.717, 1.165) is 38.4 Å². The van der Waals surface area contributed by atoms with E-state index < -0.39 is 0 Å². The minimum atomic E-state index is -0.288. The maximum Gasteiger partial charge on any atom is 0.167 e. The Labute approximate surface area is 113 Å². The average Bonchev–Trinajstić information content (AvgIpc) is 2.43. The summed E-state index contributed by atoms with van der Waals surface area (Å²) in [6.45, 7) is 7.74. The Morgan fingerprint density at radius 2 is 2.00 bits per heavy atom. The Hall–Kier alpha value is -1.33. The van der Waals surface area contributed by atoms with E-state index in [1.54, 1.807) is 12.1 Å². The molecule has 1 aromatic rings. The van der Waals surface area contributed by atoms with Gasteiger partial charge in [-0.2, -0.15) is 0 Å². The molecule has 0 spiro atoms. The number of nitrogens with two attached hydrogens (primary N) is 1. The van der Waals surface area contributed by atoms with Crippen LogP contribution in [0.25, 0.3) is 0 Å². The Morgan fingerprint density at radius 1 is 1.26 bits per heavy atom. The summed E-state index contributed by atoms with van der Waals surface area (Å²) in [4.78, 5) is 4.53. The van der Waals surface area contributed by atoms with Crippen molar-refractivity contribution in [1.82, 2.24) is 4.90 Å². The summed E-state index contributed by atoms with van der Waals surface area (Å²) in [6, 6.07) is 5.19. The molecule has 1 aromatic carbocycles. The number of ether oxygens (including phenoxy) is 1. The highest BCUT2D eigenvalue weighted by Gasteiger charge is 2.17. The Balaban J connectivity index is 1.97. The van der Waals surface area contributed by atoms with Crippen molar-refractivity contribution in [3.63, 3.8) is 0 Å². The smallest absolute Gasteiger partial charge is 0.167 e. The van der Waals surface area contributed by atoms with Crippen LogP contribution >= 0.6 is 0 Å². The van der Waals surface area contributed by atoms with Crippen LogP contribution in [0.5, 0.6) is 5.75 Å². The maximum atomic E-state index is 13.8. The first kappa shape index (κ1) is 14.1. The molecule has 4 nitrogen and oxygen atoms in total. The van der Waals surface area contributed by atoms with Gasteiger partial charge in [0, 0.05) is 51.0 Å². The molecule has 1 saturated heterocycles. The largest absolute Gasteiger partial charge is 0.491 e. The molecule has 0 aliphatic carbocycles. The number of piperazine rings is 1. The first-order valence-corrected chi connectivity index (χ1v) is 6.84. The predicted octanol–water partition coefficient (Wildman–Crippen LogP) is 1.31. The lowest BCUT2D eigenvalue weighted by Crippen LogP contribution is -2.47. The van der Waals surface area contributed by atoms with Crippen molar-refractivity contribution in [2.75, 3.05) is 50.8 Å². The Bertz CT molecular complexity index is 406. The number of anilines is 1. The second-order valence-electron chi connectivity index (χ2n) is 4.67. The second-order valence-corrected chi connectivity index (χ2v) is 4.67. The van der Waals surface area contributed by atoms with Crippen LogP contribution < -0.4 is 15.4 Å². The van der Waals surface area contributed by atoms with E-state index in [-0.39, 0.29) is 5.82 Å². The topological polar surface area (TPSA) is 41.7 Å². The van der Waals surface area contributed by atoms with Crippen molar-refractivity contribution in [3.05, 3.63) is 24.0 Å². The summed E-state index contributed by atoms with van der Waals surface area (Å²) >= 11 is 0. The van der Waals surface area contributed by atoms with Gasteiger partial charge in [0.25, 0.3) is 0 Å². The Morgan fingerprint density at radius 3 is 2.58 bits per heavy atom. The van der Waals surface area contributed by atoms with Crippen molar-refractivity contribution in [2.24, 2.45) is 5.73 Å². The molecule has 0 radical (unpaired) electrons. The van der Waals surface area contributed by atoms with Gasteiger partial charge in [0.15, 0.2) is 11.6 Å². The summed E-state index contributed by atoms with van der Waals surface area (Å²) in [5.41, 5.74) is 6.48. The maximum absolute atomic E-state index is 13.8. The molecule has 0 amide bonds. The zero-order chi connectivity index (χ0) is 13.7. The van der Waals surface area contributed by atoms with Gasteiger partial charge in [-0.3, -0.25) is 4.90 Å². The van der Waals surface area contributed by atoms with E-state index in [0.29, 0.717) is 18.9 Å². The van der Waals surface area contributed by atoms with Gasteiger partial charge in [0.2, 0.25) is 0 Å². The van der Waals surface area contributed by atoms with E-state index in [1.165, 1.54) is 0 Å². The molecule has 1 aliphatic rings. The monoisotopic (exact) mass is 267 g/mol. The quantitative estimate of drug-likeness (QED) is 0.873. The van der Waals surface area contributed by atoms with Crippen LogP contribution in [0.4, 0.5) is 10.1 Å². The molecule has 2 N–H and O–H groups in total. The fraction of sp³-hybridized carbons (Fsp3) is 0.571. The third kappa shape index (κ3) is 3.58. The van der Waals surface area contributed by atoms with Crippen molar-refractivity contribution in [1.29, 1.82) is 0 Å². The van der Waals surface area contributed by atoms with E-state index in [2.05, 4.69) is 9.80 Å². The van der Waals surface area contributed by atoms with Crippen LogP contribution in [0, 0.1) is 5.82 Å². The zero-order valence-electron chi connectivity index (χ0n) is 11.4. The highest BCUT2D eigenvalue weighted by Crippen LogP contribution is 2.24. The van der Waals surface area contributed by atoms with Crippen LogP contribution in [0.15, 0.2) is 18.2 Å². The van der Waals surface area contributed by atoms with E-state index >= 15 is 0 Å². The second kappa shape index (κ2) is 6.73. The van der Waals surface area contributed by atoms with Crippen molar-refractivity contribution < 1.29 is 9.13 Å². The molecular formula is C14H22FN3O. The molecule has 0 saturated carbocycles. The summed E-state index contributed by atoms with van der Waals surface area (Å²) in [6.07, 6.45) is 0. The van der Waals surface area contributed by atoms with Gasteiger partial charge in [-0.25, -0.2) is 4.39 Å². The number of benzene rings is 1. The molecule has 106 valence electrons. The van der Waals surface area contributed by atoms with Gasteiger partial charge < -0.3 is 15.4 Å². The number of rotatable bonds is 5. The first-order chi connectivity index (χ1) is 9.24. The van der Waals surface area contributed by atoms with E-state index in [4.69, 9.17) is 10.5 Å². The third-order valence-corrected chi connectivity index (χ3v) is 3.40. The van der Waals surface area contributed by atoms with Gasteiger partial charge in [0.1, 0.15) is 0 Å². The first-order valence-electron chi connectivity index (χ1n) is 6.84. The minimum absolute atomic E-state index is 0.288. The zero-order valence-corrected chi connectivity index (χ0v) is 11.4. The van der Waals surface area contributed by atoms with Gasteiger partial charge in [-0.15, -0.1) is 0 Å². The van der Waals surface area contributed by atoms with Gasteiger partial charge in [0.05, 0.1) is 6.61 Å². The van der Waals surface area contributed by atoms with Crippen LogP contribution in [0.3, 0.4) is 0 Å². The van der Waals surface area contributed by atoms with Crippen LogP contribution in [-0.2, 0) is 0 Å². The Kier molecular flexibility index (Phi) is 4.99. The van der Waals surface area contributed by atoms with Gasteiger partial charge in [-0.05, 0) is 19.1 Å². The summed E-state index contributed by atoms with van der Waals surface area (Å²) < 4.78 is 19.0. The molecule has 1 aliphatic heterocycles. The third-order valence-electron chi connectivity index (χ3n) is 3.40. The summed E-state index contributed by atoms with van der Waals surface area (Å²) in [7, 11) is 0. The number of hydrogen-bond donors (Lipinski definition) is 1. The highest BCUT2D eigenvalue weighted by atomic mass is 19.1. The van der Waals surface area contributed by atoms with E-state index in [1.807, 2.05) is 13.0 Å². The minimum Gasteiger partial charge on any atom is -0.491 e. The number of nitrogens with zero attached hydrogens (tertiary/aromatic N) is 2. The van der Waals surface area contributed by atoms with Gasteiger partial charge >= 0.3 is 0 Å². The molecule has 0 atom stereocenters. The van der Waals surface area contributed by atoms with Crippen molar-refractivity contribution in [2.45, 2.75) is 6.92 Å². The highest BCUT2D eigenvalue weighted by molar-refractivity contribution is 5.50. The molecule has 19 heavy (non-hydrogen) atoms. The fourth-order valence-electron chi connectivity index (χ4n) is 2.37. The lowest BCUT2D eigenvalue weighted by atomic mass is 10.2. The number of halogens is 1. The lowest BCUT2D eigenvalue weighted by molar-refractivity contribution is 0.264. The fourth-order valence-corrected chi connectivity index (χ4v) is 2.37. The molecular weight excluding hydrogens is 245 g/mol. The van der Waals surface area contributed by atoms with Crippen molar-refractivity contribution >= 4 is 5.69 Å². The normalized spacial score (nSPS) is 16.7. The predicted molar refractivity (Wildman–Crippen MR) is 75.3 cm³/mol. The van der Waals surface area contributed by atoms with Crippen LogP contribution in [0.1, 0.15) is 6.92 Å². The molecule has 5 heteroatoms. The molecule has 1 heterocycles. The average molecular weight is 267 g/mol. The van der Waals surface area contributed by atoms with Crippen LogP contribution in [0.2, 0.25) is 0 Å². The van der Waals surface area contributed by atoms with E-state index in [9.17, 15) is 4.39 Å². The lowest BCUT2D eigenvalue weighted by Gasteiger charge is -2.36. The van der Waals surface area contributed by atoms with Crippen molar-refractivity contribution in [3.8, 4) is 5.75 Å². The number of hydrogen-bond acceptors (Lipinski definition) is 4. The summed E-state index contributed by atoms with van der Waals surface area (Å²) in [5, 5.41) is 0. The summed E-state index contributed by atoms with van der Waals surface area (Å²) in [5.74, 6) is 0.0387. The SMILES string of the molecule is CCOc1ccc(N2CCN(CCN)CC2)cc1F. The molecule has 0 unspecified atom stereocenters. The standard InChI is InChI=1S/C14H22FN3O/c1-2-19-14-4-3-12(11-13(14)15)18-9-7-17(6-5-16)8-10-18/h3-4,11H,2,5-10,16H2,1H3. The molecule has 0 bridgehead atoms.